The Bertz CT molecular complexity index is 1460. The summed E-state index contributed by atoms with van der Waals surface area (Å²) in [6.45, 7) is 5.69. The molecule has 8 nitrogen and oxygen atoms in total. The number of methoxy groups -OCH3 is 1. The van der Waals surface area contributed by atoms with Crippen LogP contribution in [0.3, 0.4) is 0 Å². The smallest absolute Gasteiger partial charge is 0.296 e. The third-order valence-corrected chi connectivity index (χ3v) is 7.53. The van der Waals surface area contributed by atoms with Crippen molar-refractivity contribution in [1.82, 2.24) is 4.98 Å². The van der Waals surface area contributed by atoms with Crippen molar-refractivity contribution in [3.8, 4) is 11.5 Å². The van der Waals surface area contributed by atoms with Gasteiger partial charge < -0.3 is 14.6 Å². The molecule has 0 fully saturated rings. The predicted molar refractivity (Wildman–Crippen MR) is 151 cm³/mol. The zero-order valence-corrected chi connectivity index (χ0v) is 23.1. The fraction of sp³-hybridized carbons (Fsp3) is 0.267. The van der Waals surface area contributed by atoms with E-state index in [1.807, 2.05) is 30.3 Å². The van der Waals surface area contributed by atoms with E-state index in [1.165, 1.54) is 25.0 Å². The van der Waals surface area contributed by atoms with Crippen molar-refractivity contribution >= 4 is 40.0 Å². The van der Waals surface area contributed by atoms with E-state index in [-0.39, 0.29) is 16.5 Å². The maximum Gasteiger partial charge on any atom is 0.296 e. The summed E-state index contributed by atoms with van der Waals surface area (Å²) in [4.78, 5) is 45.2. The predicted octanol–water partition coefficient (Wildman–Crippen LogP) is 6.02. The molecular weight excluding hydrogens is 516 g/mol. The molecule has 1 unspecified atom stereocenters. The van der Waals surface area contributed by atoms with Gasteiger partial charge in [-0.15, -0.1) is 0 Å². The van der Waals surface area contributed by atoms with Crippen molar-refractivity contribution in [3.63, 3.8) is 0 Å². The average Bonchev–Trinajstić information content (AvgIpc) is 3.44. The number of Topliss-reactive ketones (excluding diaryl/α,β-unsaturated/α-hetero) is 1. The van der Waals surface area contributed by atoms with Crippen molar-refractivity contribution < 1.29 is 29.0 Å². The number of aliphatic hydroxyl groups excluding tert-OH is 1. The van der Waals surface area contributed by atoms with E-state index in [0.717, 1.165) is 29.7 Å². The van der Waals surface area contributed by atoms with E-state index in [0.29, 0.717) is 34.2 Å². The zero-order chi connectivity index (χ0) is 28.1. The minimum atomic E-state index is -1.01. The molecule has 4 rings (SSSR count). The molecule has 1 aliphatic heterocycles. The van der Waals surface area contributed by atoms with Gasteiger partial charge in [0.05, 0.1) is 35.9 Å². The quantitative estimate of drug-likeness (QED) is 0.178. The largest absolute Gasteiger partial charge is 0.503 e. The molecule has 0 bridgehead atoms. The lowest BCUT2D eigenvalue weighted by Gasteiger charge is -2.25. The SMILES string of the molecule is CCCCOc1ccc(C2C(C(=O)C=Cc3ccccc3)=C(O)C(=O)N2c2nc(C)c(C(C)=O)s2)cc1OC. The Morgan fingerprint density at radius 3 is 2.54 bits per heavy atom. The third kappa shape index (κ3) is 5.78. The maximum atomic E-state index is 13.5. The third-order valence-electron chi connectivity index (χ3n) is 6.27. The Morgan fingerprint density at radius 2 is 1.90 bits per heavy atom. The first-order chi connectivity index (χ1) is 18.8. The molecule has 3 aromatic rings. The second-order valence-electron chi connectivity index (χ2n) is 9.03. The lowest BCUT2D eigenvalue weighted by atomic mass is 9.95. The normalized spacial score (nSPS) is 15.3. The van der Waals surface area contributed by atoms with Gasteiger partial charge in [0, 0.05) is 6.92 Å². The Morgan fingerprint density at radius 1 is 1.15 bits per heavy atom. The topological polar surface area (TPSA) is 106 Å². The number of hydrogen-bond donors (Lipinski definition) is 1. The van der Waals surface area contributed by atoms with Crippen LogP contribution in [0, 0.1) is 6.92 Å². The van der Waals surface area contributed by atoms with Gasteiger partial charge in [0.1, 0.15) is 0 Å². The van der Waals surface area contributed by atoms with E-state index in [2.05, 4.69) is 11.9 Å². The van der Waals surface area contributed by atoms with Crippen LogP contribution < -0.4 is 14.4 Å². The van der Waals surface area contributed by atoms with Crippen molar-refractivity contribution in [2.75, 3.05) is 18.6 Å². The minimum absolute atomic E-state index is 0.0916. The minimum Gasteiger partial charge on any atom is -0.503 e. The number of rotatable bonds is 11. The first kappa shape index (κ1) is 27.8. The van der Waals surface area contributed by atoms with Crippen LogP contribution in [0.15, 0.2) is 65.9 Å². The number of unbranched alkanes of at least 4 members (excludes halogenated alkanes) is 1. The molecule has 39 heavy (non-hydrogen) atoms. The monoisotopic (exact) mass is 546 g/mol. The second-order valence-corrected chi connectivity index (χ2v) is 10.0. The fourth-order valence-corrected chi connectivity index (χ4v) is 5.30. The summed E-state index contributed by atoms with van der Waals surface area (Å²) in [7, 11) is 1.51. The number of ketones is 2. The average molecular weight is 547 g/mol. The first-order valence-corrected chi connectivity index (χ1v) is 13.4. The van der Waals surface area contributed by atoms with Gasteiger partial charge in [0.2, 0.25) is 0 Å². The van der Waals surface area contributed by atoms with E-state index >= 15 is 0 Å². The number of ether oxygens (including phenoxy) is 2. The summed E-state index contributed by atoms with van der Waals surface area (Å²) < 4.78 is 11.4. The number of hydrogen-bond acceptors (Lipinski definition) is 8. The number of nitrogens with zero attached hydrogens (tertiary/aromatic N) is 2. The van der Waals surface area contributed by atoms with Crippen molar-refractivity contribution in [1.29, 1.82) is 0 Å². The highest BCUT2D eigenvalue weighted by Gasteiger charge is 2.45. The van der Waals surface area contributed by atoms with Crippen LogP contribution in [-0.2, 0) is 9.59 Å². The van der Waals surface area contributed by atoms with Gasteiger partial charge in [0.15, 0.2) is 34.0 Å². The standard InChI is InChI=1S/C30H30N2O6S/c1-5-6-16-38-23-15-13-21(17-24(23)37-4)26-25(22(34)14-12-20-10-8-7-9-11-20)27(35)29(36)32(26)30-31-18(2)28(39-30)19(3)33/h7-15,17,26,35H,5-6,16H2,1-4H3. The first-order valence-electron chi connectivity index (χ1n) is 12.6. The Balaban J connectivity index is 1.81. The molecule has 0 spiro atoms. The van der Waals surface area contributed by atoms with Crippen LogP contribution in [0.4, 0.5) is 5.13 Å². The fourth-order valence-electron chi connectivity index (χ4n) is 4.31. The van der Waals surface area contributed by atoms with Crippen LogP contribution in [0.25, 0.3) is 6.08 Å². The van der Waals surface area contributed by atoms with Crippen molar-refractivity contribution in [2.24, 2.45) is 0 Å². The zero-order valence-electron chi connectivity index (χ0n) is 22.3. The van der Waals surface area contributed by atoms with Crippen molar-refractivity contribution in [3.05, 3.63) is 87.6 Å². The van der Waals surface area contributed by atoms with Gasteiger partial charge in [-0.25, -0.2) is 4.98 Å². The van der Waals surface area contributed by atoms with E-state index in [9.17, 15) is 19.5 Å². The Hall–Kier alpha value is -4.24. The maximum absolute atomic E-state index is 13.5. The molecule has 0 aliphatic carbocycles. The summed E-state index contributed by atoms with van der Waals surface area (Å²) >= 11 is 1.04. The molecule has 1 amide bonds. The van der Waals surface area contributed by atoms with E-state index < -0.39 is 23.5 Å². The summed E-state index contributed by atoms with van der Waals surface area (Å²) in [6, 6.07) is 13.4. The van der Waals surface area contributed by atoms with Crippen LogP contribution in [0.2, 0.25) is 0 Å². The number of thiazole rings is 1. The molecule has 1 aliphatic rings. The van der Waals surface area contributed by atoms with Gasteiger partial charge in [-0.3, -0.25) is 19.3 Å². The molecule has 0 saturated carbocycles. The number of amides is 1. The number of aryl methyl sites for hydroxylation is 1. The van der Waals surface area contributed by atoms with Gasteiger partial charge in [-0.2, -0.15) is 0 Å². The summed E-state index contributed by atoms with van der Waals surface area (Å²) in [5, 5.41) is 11.2. The Labute approximate surface area is 231 Å². The number of aliphatic hydroxyl groups is 1. The van der Waals surface area contributed by atoms with E-state index in [4.69, 9.17) is 9.47 Å². The number of allylic oxidation sites excluding steroid dienone is 1. The molecule has 1 aromatic heterocycles. The number of carbonyl (C=O) groups is 3. The lowest BCUT2D eigenvalue weighted by Crippen LogP contribution is -2.30. The highest BCUT2D eigenvalue weighted by molar-refractivity contribution is 7.17. The van der Waals surface area contributed by atoms with Crippen molar-refractivity contribution in [2.45, 2.75) is 39.7 Å². The van der Waals surface area contributed by atoms with E-state index in [1.54, 1.807) is 31.2 Å². The summed E-state index contributed by atoms with van der Waals surface area (Å²) in [5.41, 5.74) is 1.68. The molecule has 2 aromatic carbocycles. The number of aromatic nitrogens is 1. The second kappa shape index (κ2) is 12.1. The Kier molecular flexibility index (Phi) is 8.61. The van der Waals surface area contributed by atoms with Crippen LogP contribution in [0.1, 0.15) is 59.2 Å². The lowest BCUT2D eigenvalue weighted by molar-refractivity contribution is -0.117. The molecule has 0 radical (unpaired) electrons. The molecule has 202 valence electrons. The highest BCUT2D eigenvalue weighted by atomic mass is 32.1. The van der Waals surface area contributed by atoms with Gasteiger partial charge in [-0.05, 0) is 42.7 Å². The van der Waals surface area contributed by atoms with Gasteiger partial charge in [0.25, 0.3) is 5.91 Å². The van der Waals surface area contributed by atoms with Gasteiger partial charge >= 0.3 is 0 Å². The summed E-state index contributed by atoms with van der Waals surface area (Å²) in [5.74, 6) is -1.20. The number of anilines is 1. The molecule has 2 heterocycles. The molecule has 1 N–H and O–H groups in total. The van der Waals surface area contributed by atoms with Crippen LogP contribution in [0.5, 0.6) is 11.5 Å². The molecule has 0 saturated heterocycles. The highest BCUT2D eigenvalue weighted by Crippen LogP contribution is 2.45. The van der Waals surface area contributed by atoms with Gasteiger partial charge in [-0.1, -0.05) is 67.2 Å². The van der Waals surface area contributed by atoms with Crippen LogP contribution in [-0.4, -0.2) is 41.3 Å². The molecule has 9 heteroatoms. The van der Waals surface area contributed by atoms with Crippen LogP contribution >= 0.6 is 11.3 Å². The summed E-state index contributed by atoms with van der Waals surface area (Å²) in [6.07, 6.45) is 4.81. The number of benzene rings is 2. The molecule has 1 atom stereocenters. The molecular formula is C30H30N2O6S. The number of carbonyl (C=O) groups excluding carboxylic acids is 3.